The summed E-state index contributed by atoms with van der Waals surface area (Å²) < 4.78 is 18.5. The average Bonchev–Trinajstić information content (AvgIpc) is 2.97. The molecule has 0 bridgehead atoms. The summed E-state index contributed by atoms with van der Waals surface area (Å²) in [5.41, 5.74) is 1.40. The summed E-state index contributed by atoms with van der Waals surface area (Å²) in [5.74, 6) is -0.287. The molecule has 1 heterocycles. The molecule has 0 spiro atoms. The summed E-state index contributed by atoms with van der Waals surface area (Å²) in [6.45, 7) is 0.765. The topological polar surface area (TPSA) is 25.2 Å². The van der Waals surface area contributed by atoms with Crippen molar-refractivity contribution in [3.63, 3.8) is 0 Å². The Morgan fingerprint density at radius 1 is 1.40 bits per heavy atom. The van der Waals surface area contributed by atoms with E-state index in [2.05, 4.69) is 5.32 Å². The molecule has 0 radical (unpaired) electrons. The van der Waals surface area contributed by atoms with Gasteiger partial charge < -0.3 is 9.73 Å². The maximum absolute atomic E-state index is 13.3. The van der Waals surface area contributed by atoms with Gasteiger partial charge >= 0.3 is 0 Å². The molecule has 1 aliphatic rings. The largest absolute Gasteiger partial charge is 0.461 e. The van der Waals surface area contributed by atoms with Gasteiger partial charge in [-0.15, -0.1) is 0 Å². The third-order valence-electron chi connectivity index (χ3n) is 2.79. The molecule has 15 heavy (non-hydrogen) atoms. The van der Waals surface area contributed by atoms with Gasteiger partial charge in [0.05, 0.1) is 6.26 Å². The lowest BCUT2D eigenvalue weighted by Gasteiger charge is -1.99. The fourth-order valence-electron chi connectivity index (χ4n) is 1.75. The molecule has 1 aliphatic carbocycles. The Balaban J connectivity index is 1.92. The Labute approximate surface area is 87.1 Å². The molecular weight excluding hydrogens is 193 g/mol. The Morgan fingerprint density at radius 3 is 3.07 bits per heavy atom. The van der Waals surface area contributed by atoms with E-state index in [9.17, 15) is 4.39 Å². The normalized spacial score (nSPS) is 16.1. The van der Waals surface area contributed by atoms with E-state index >= 15 is 0 Å². The highest BCUT2D eigenvalue weighted by Crippen LogP contribution is 2.25. The highest BCUT2D eigenvalue weighted by molar-refractivity contribution is 5.81. The summed E-state index contributed by atoms with van der Waals surface area (Å²) in [4.78, 5) is 0. The SMILES string of the molecule is Fc1cccc2c(CNC3CC3)coc12. The number of furan rings is 1. The van der Waals surface area contributed by atoms with Crippen LogP contribution in [0, 0.1) is 5.82 Å². The van der Waals surface area contributed by atoms with Gasteiger partial charge in [-0.2, -0.15) is 0 Å². The molecule has 3 heteroatoms. The zero-order valence-electron chi connectivity index (χ0n) is 8.29. The third kappa shape index (κ3) is 1.63. The number of hydrogen-bond donors (Lipinski definition) is 1. The fraction of sp³-hybridized carbons (Fsp3) is 0.333. The van der Waals surface area contributed by atoms with Crippen molar-refractivity contribution >= 4 is 11.0 Å². The molecule has 2 nitrogen and oxygen atoms in total. The lowest BCUT2D eigenvalue weighted by molar-refractivity contribution is 0.556. The van der Waals surface area contributed by atoms with Crippen LogP contribution in [0.5, 0.6) is 0 Å². The number of para-hydroxylation sites is 1. The third-order valence-corrected chi connectivity index (χ3v) is 2.79. The molecular formula is C12H12FNO. The van der Waals surface area contributed by atoms with Crippen molar-refractivity contribution in [2.75, 3.05) is 0 Å². The number of nitrogens with one attached hydrogen (secondary N) is 1. The zero-order valence-corrected chi connectivity index (χ0v) is 8.29. The van der Waals surface area contributed by atoms with Crippen molar-refractivity contribution in [3.05, 3.63) is 35.8 Å². The maximum atomic E-state index is 13.3. The first-order valence-corrected chi connectivity index (χ1v) is 5.22. The minimum atomic E-state index is -0.287. The van der Waals surface area contributed by atoms with Gasteiger partial charge in [0.1, 0.15) is 0 Å². The molecule has 0 atom stereocenters. The molecule has 1 aromatic heterocycles. The predicted octanol–water partition coefficient (Wildman–Crippen LogP) is 2.82. The van der Waals surface area contributed by atoms with Gasteiger partial charge in [0.25, 0.3) is 0 Å². The van der Waals surface area contributed by atoms with Crippen LogP contribution in [0.3, 0.4) is 0 Å². The second-order valence-corrected chi connectivity index (χ2v) is 4.03. The highest BCUT2D eigenvalue weighted by Gasteiger charge is 2.20. The Morgan fingerprint density at radius 2 is 2.27 bits per heavy atom. The van der Waals surface area contributed by atoms with Crippen LogP contribution in [0.2, 0.25) is 0 Å². The van der Waals surface area contributed by atoms with E-state index in [4.69, 9.17) is 4.42 Å². The molecule has 78 valence electrons. The zero-order chi connectivity index (χ0) is 10.3. The minimum absolute atomic E-state index is 0.287. The number of fused-ring (bicyclic) bond motifs is 1. The summed E-state index contributed by atoms with van der Waals surface area (Å²) in [5, 5.41) is 4.27. The van der Waals surface area contributed by atoms with Gasteiger partial charge in [0.2, 0.25) is 0 Å². The molecule has 1 saturated carbocycles. The van der Waals surface area contributed by atoms with Crippen molar-refractivity contribution in [2.45, 2.75) is 25.4 Å². The number of rotatable bonds is 3. The Kier molecular flexibility index (Phi) is 1.99. The predicted molar refractivity (Wildman–Crippen MR) is 56.0 cm³/mol. The first-order chi connectivity index (χ1) is 7.34. The fourth-order valence-corrected chi connectivity index (χ4v) is 1.75. The van der Waals surface area contributed by atoms with Crippen LogP contribution in [0.15, 0.2) is 28.9 Å². The summed E-state index contributed by atoms with van der Waals surface area (Å²) in [6, 6.07) is 5.69. The second-order valence-electron chi connectivity index (χ2n) is 4.03. The average molecular weight is 205 g/mol. The standard InChI is InChI=1S/C12H12FNO/c13-11-3-1-2-10-8(7-15-12(10)11)6-14-9-4-5-9/h1-3,7,9,14H,4-6H2. The molecule has 1 N–H and O–H groups in total. The van der Waals surface area contributed by atoms with E-state index in [0.29, 0.717) is 11.6 Å². The van der Waals surface area contributed by atoms with Crippen molar-refractivity contribution in [1.29, 1.82) is 0 Å². The van der Waals surface area contributed by atoms with Gasteiger partial charge in [0.15, 0.2) is 11.4 Å². The van der Waals surface area contributed by atoms with Crippen LogP contribution < -0.4 is 5.32 Å². The van der Waals surface area contributed by atoms with E-state index < -0.39 is 0 Å². The van der Waals surface area contributed by atoms with Crippen molar-refractivity contribution in [2.24, 2.45) is 0 Å². The smallest absolute Gasteiger partial charge is 0.169 e. The van der Waals surface area contributed by atoms with Gasteiger partial charge in [-0.1, -0.05) is 12.1 Å². The van der Waals surface area contributed by atoms with Gasteiger partial charge in [0, 0.05) is 23.5 Å². The first-order valence-electron chi connectivity index (χ1n) is 5.22. The van der Waals surface area contributed by atoms with E-state index in [0.717, 1.165) is 17.5 Å². The van der Waals surface area contributed by atoms with Crippen LogP contribution >= 0.6 is 0 Å². The molecule has 0 amide bonds. The van der Waals surface area contributed by atoms with Crippen molar-refractivity contribution in [1.82, 2.24) is 5.32 Å². The monoisotopic (exact) mass is 205 g/mol. The highest BCUT2D eigenvalue weighted by atomic mass is 19.1. The maximum Gasteiger partial charge on any atom is 0.169 e. The summed E-state index contributed by atoms with van der Waals surface area (Å²) in [6.07, 6.45) is 4.15. The minimum Gasteiger partial charge on any atom is -0.461 e. The number of halogens is 1. The molecule has 0 saturated heterocycles. The van der Waals surface area contributed by atoms with E-state index in [1.54, 1.807) is 12.3 Å². The molecule has 0 aliphatic heterocycles. The Hall–Kier alpha value is -1.35. The lowest BCUT2D eigenvalue weighted by atomic mass is 10.2. The van der Waals surface area contributed by atoms with Crippen molar-refractivity contribution < 1.29 is 8.81 Å². The number of hydrogen-bond acceptors (Lipinski definition) is 2. The van der Waals surface area contributed by atoms with Crippen LogP contribution in [-0.4, -0.2) is 6.04 Å². The van der Waals surface area contributed by atoms with E-state index in [-0.39, 0.29) is 5.82 Å². The first kappa shape index (κ1) is 8.92. The molecule has 3 rings (SSSR count). The van der Waals surface area contributed by atoms with E-state index in [1.807, 2.05) is 6.07 Å². The van der Waals surface area contributed by atoms with Gasteiger partial charge in [-0.25, -0.2) is 4.39 Å². The Bertz CT molecular complexity index is 487. The number of benzene rings is 1. The molecule has 1 aromatic carbocycles. The summed E-state index contributed by atoms with van der Waals surface area (Å²) in [7, 11) is 0. The van der Waals surface area contributed by atoms with E-state index in [1.165, 1.54) is 18.9 Å². The second kappa shape index (κ2) is 3.35. The quantitative estimate of drug-likeness (QED) is 0.833. The van der Waals surface area contributed by atoms with Crippen LogP contribution in [0.4, 0.5) is 4.39 Å². The molecule has 1 fully saturated rings. The van der Waals surface area contributed by atoms with Crippen LogP contribution in [-0.2, 0) is 6.54 Å². The lowest BCUT2D eigenvalue weighted by Crippen LogP contribution is -2.14. The molecule has 0 unspecified atom stereocenters. The van der Waals surface area contributed by atoms with Crippen LogP contribution in [0.1, 0.15) is 18.4 Å². The molecule has 2 aromatic rings. The van der Waals surface area contributed by atoms with Gasteiger partial charge in [-0.05, 0) is 18.9 Å². The summed E-state index contributed by atoms with van der Waals surface area (Å²) >= 11 is 0. The van der Waals surface area contributed by atoms with Gasteiger partial charge in [-0.3, -0.25) is 0 Å². The van der Waals surface area contributed by atoms with Crippen LogP contribution in [0.25, 0.3) is 11.0 Å². The van der Waals surface area contributed by atoms with Crippen molar-refractivity contribution in [3.8, 4) is 0 Å².